The number of nitrogens with zero attached hydrogens (tertiary/aromatic N) is 1. The number of hydrogen-bond acceptors (Lipinski definition) is 5. The van der Waals surface area contributed by atoms with E-state index in [2.05, 4.69) is 16.4 Å². The number of rotatable bonds is 8. The lowest BCUT2D eigenvalue weighted by molar-refractivity contribution is 0.0952. The van der Waals surface area contributed by atoms with Crippen molar-refractivity contribution in [2.75, 3.05) is 13.7 Å². The van der Waals surface area contributed by atoms with Crippen LogP contribution >= 0.6 is 11.3 Å². The molecule has 0 aliphatic rings. The van der Waals surface area contributed by atoms with Crippen molar-refractivity contribution in [3.8, 4) is 11.5 Å². The van der Waals surface area contributed by atoms with Gasteiger partial charge in [-0.2, -0.15) is 0 Å². The first-order valence-corrected chi connectivity index (χ1v) is 9.86. The topological polar surface area (TPSA) is 60.5 Å². The molecule has 0 saturated heterocycles. The molecule has 1 aromatic heterocycles. The number of para-hydroxylation sites is 1. The zero-order chi connectivity index (χ0) is 19.2. The third kappa shape index (κ3) is 4.98. The molecule has 0 spiro atoms. The Morgan fingerprint density at radius 3 is 2.74 bits per heavy atom. The number of aromatic nitrogens is 1. The Morgan fingerprint density at radius 1 is 1.19 bits per heavy atom. The molecule has 0 fully saturated rings. The first-order chi connectivity index (χ1) is 13.1. The van der Waals surface area contributed by atoms with Crippen LogP contribution in [0.5, 0.6) is 11.5 Å². The van der Waals surface area contributed by atoms with Crippen molar-refractivity contribution in [2.45, 2.75) is 32.8 Å². The molecule has 0 saturated carbocycles. The number of fused-ring (bicyclic) bond motifs is 1. The average Bonchev–Trinajstić information content (AvgIpc) is 3.07. The number of ether oxygens (including phenoxy) is 2. The zero-order valence-corrected chi connectivity index (χ0v) is 16.6. The lowest BCUT2D eigenvalue weighted by atomic mass is 10.2. The highest BCUT2D eigenvalue weighted by Crippen LogP contribution is 2.29. The van der Waals surface area contributed by atoms with E-state index in [1.165, 1.54) is 4.70 Å². The summed E-state index contributed by atoms with van der Waals surface area (Å²) >= 11 is 1.71. The highest BCUT2D eigenvalue weighted by molar-refractivity contribution is 7.18. The number of hydrogen-bond donors (Lipinski definition) is 1. The van der Waals surface area contributed by atoms with Gasteiger partial charge in [0.05, 0.1) is 28.4 Å². The molecule has 5 nitrogen and oxygen atoms in total. The minimum Gasteiger partial charge on any atom is -0.493 e. The molecule has 1 amide bonds. The first-order valence-electron chi connectivity index (χ1n) is 9.04. The summed E-state index contributed by atoms with van der Waals surface area (Å²) in [5, 5.41) is 4.06. The monoisotopic (exact) mass is 384 g/mol. The number of nitrogens with one attached hydrogen (secondary N) is 1. The Hall–Kier alpha value is -2.60. The number of amides is 1. The summed E-state index contributed by atoms with van der Waals surface area (Å²) in [4.78, 5) is 17.0. The van der Waals surface area contributed by atoms with E-state index in [9.17, 15) is 4.79 Å². The molecule has 0 bridgehead atoms. The molecular weight excluding hydrogens is 360 g/mol. The third-order valence-electron chi connectivity index (χ3n) is 3.98. The van der Waals surface area contributed by atoms with Gasteiger partial charge in [-0.3, -0.25) is 4.79 Å². The van der Waals surface area contributed by atoms with Gasteiger partial charge < -0.3 is 14.8 Å². The summed E-state index contributed by atoms with van der Waals surface area (Å²) in [6.07, 6.45) is 1.74. The van der Waals surface area contributed by atoms with Crippen molar-refractivity contribution >= 4 is 27.5 Å². The van der Waals surface area contributed by atoms with E-state index < -0.39 is 0 Å². The SMILES string of the molecule is COc1cc(C(=O)NCCCc2nc3ccccc3s2)ccc1OC(C)C. The molecule has 3 rings (SSSR count). The van der Waals surface area contributed by atoms with Crippen molar-refractivity contribution in [2.24, 2.45) is 0 Å². The molecule has 142 valence electrons. The Kier molecular flexibility index (Phi) is 6.29. The van der Waals surface area contributed by atoms with Crippen LogP contribution in [-0.4, -0.2) is 30.6 Å². The Bertz CT molecular complexity index is 888. The quantitative estimate of drug-likeness (QED) is 0.583. The number of carbonyl (C=O) groups excluding carboxylic acids is 1. The molecule has 0 aliphatic carbocycles. The van der Waals surface area contributed by atoms with E-state index >= 15 is 0 Å². The number of benzene rings is 2. The molecular formula is C21H24N2O3S. The molecule has 0 atom stereocenters. The van der Waals surface area contributed by atoms with Gasteiger partial charge in [0, 0.05) is 18.5 Å². The van der Waals surface area contributed by atoms with Crippen LogP contribution in [0.25, 0.3) is 10.2 Å². The van der Waals surface area contributed by atoms with E-state index in [1.54, 1.807) is 36.6 Å². The van der Waals surface area contributed by atoms with Crippen LogP contribution in [-0.2, 0) is 6.42 Å². The van der Waals surface area contributed by atoms with Gasteiger partial charge >= 0.3 is 0 Å². The molecule has 1 heterocycles. The van der Waals surface area contributed by atoms with Gasteiger partial charge in [0.2, 0.25) is 0 Å². The maximum Gasteiger partial charge on any atom is 0.251 e. The lowest BCUT2D eigenvalue weighted by Crippen LogP contribution is -2.24. The number of thiazole rings is 1. The Morgan fingerprint density at radius 2 is 2.00 bits per heavy atom. The first kappa shape index (κ1) is 19.2. The van der Waals surface area contributed by atoms with Gasteiger partial charge in [-0.05, 0) is 50.6 Å². The van der Waals surface area contributed by atoms with E-state index in [4.69, 9.17) is 9.47 Å². The fraction of sp³-hybridized carbons (Fsp3) is 0.333. The van der Waals surface area contributed by atoms with Crippen LogP contribution in [0.1, 0.15) is 35.6 Å². The van der Waals surface area contributed by atoms with Crippen molar-refractivity contribution in [1.29, 1.82) is 0 Å². The molecule has 0 unspecified atom stereocenters. The van der Waals surface area contributed by atoms with Gasteiger partial charge in [0.25, 0.3) is 5.91 Å². The van der Waals surface area contributed by atoms with E-state index in [0.717, 1.165) is 23.4 Å². The Balaban J connectivity index is 1.52. The predicted octanol–water partition coefficient (Wildman–Crippen LogP) is 4.45. The summed E-state index contributed by atoms with van der Waals surface area (Å²) in [5.74, 6) is 1.08. The van der Waals surface area contributed by atoms with Gasteiger partial charge in [-0.25, -0.2) is 4.98 Å². The summed E-state index contributed by atoms with van der Waals surface area (Å²) in [5.41, 5.74) is 1.60. The molecule has 0 aliphatic heterocycles. The molecule has 3 aromatic rings. The maximum absolute atomic E-state index is 12.4. The van der Waals surface area contributed by atoms with Gasteiger partial charge in [-0.15, -0.1) is 11.3 Å². The van der Waals surface area contributed by atoms with Crippen LogP contribution in [0.15, 0.2) is 42.5 Å². The molecule has 27 heavy (non-hydrogen) atoms. The van der Waals surface area contributed by atoms with Crippen molar-refractivity contribution in [3.05, 3.63) is 53.0 Å². The summed E-state index contributed by atoms with van der Waals surface area (Å²) in [6.45, 7) is 4.50. The lowest BCUT2D eigenvalue weighted by Gasteiger charge is -2.14. The minimum atomic E-state index is -0.117. The van der Waals surface area contributed by atoms with Gasteiger partial charge in [0.15, 0.2) is 11.5 Å². The molecule has 1 N–H and O–H groups in total. The second kappa shape index (κ2) is 8.86. The van der Waals surface area contributed by atoms with Crippen LogP contribution in [0.2, 0.25) is 0 Å². The van der Waals surface area contributed by atoms with Gasteiger partial charge in [0.1, 0.15) is 0 Å². The van der Waals surface area contributed by atoms with Crippen molar-refractivity contribution in [1.82, 2.24) is 10.3 Å². The number of carbonyl (C=O) groups is 1. The molecule has 2 aromatic carbocycles. The van der Waals surface area contributed by atoms with Crippen LogP contribution < -0.4 is 14.8 Å². The number of aryl methyl sites for hydroxylation is 1. The second-order valence-corrected chi connectivity index (χ2v) is 7.58. The zero-order valence-electron chi connectivity index (χ0n) is 15.8. The second-order valence-electron chi connectivity index (χ2n) is 6.47. The van der Waals surface area contributed by atoms with E-state index in [-0.39, 0.29) is 12.0 Å². The summed E-state index contributed by atoms with van der Waals surface area (Å²) in [6, 6.07) is 13.4. The smallest absolute Gasteiger partial charge is 0.251 e. The van der Waals surface area contributed by atoms with Crippen LogP contribution in [0, 0.1) is 0 Å². The molecule has 0 radical (unpaired) electrons. The van der Waals surface area contributed by atoms with Crippen LogP contribution in [0.4, 0.5) is 0 Å². The van der Waals surface area contributed by atoms with E-state index in [1.807, 2.05) is 32.0 Å². The van der Waals surface area contributed by atoms with Crippen LogP contribution in [0.3, 0.4) is 0 Å². The Labute approximate surface area is 163 Å². The van der Waals surface area contributed by atoms with Crippen molar-refractivity contribution in [3.63, 3.8) is 0 Å². The fourth-order valence-corrected chi connectivity index (χ4v) is 3.74. The largest absolute Gasteiger partial charge is 0.493 e. The number of methoxy groups -OCH3 is 1. The van der Waals surface area contributed by atoms with E-state index in [0.29, 0.717) is 23.6 Å². The van der Waals surface area contributed by atoms with Crippen molar-refractivity contribution < 1.29 is 14.3 Å². The normalized spacial score (nSPS) is 11.0. The highest BCUT2D eigenvalue weighted by Gasteiger charge is 2.12. The maximum atomic E-state index is 12.4. The fourth-order valence-electron chi connectivity index (χ4n) is 2.73. The third-order valence-corrected chi connectivity index (χ3v) is 5.08. The summed E-state index contributed by atoms with van der Waals surface area (Å²) < 4.78 is 12.2. The standard InChI is InChI=1S/C21H24N2O3S/c1-14(2)26-17-11-10-15(13-18(17)25-3)21(24)22-12-6-9-20-23-16-7-4-5-8-19(16)27-20/h4-5,7-8,10-11,13-14H,6,9,12H2,1-3H3,(H,22,24). The predicted molar refractivity (Wildman–Crippen MR) is 109 cm³/mol. The minimum absolute atomic E-state index is 0.0427. The average molecular weight is 385 g/mol. The summed E-state index contributed by atoms with van der Waals surface area (Å²) in [7, 11) is 1.57. The van der Waals surface area contributed by atoms with Gasteiger partial charge in [-0.1, -0.05) is 12.1 Å². The molecule has 6 heteroatoms. The highest BCUT2D eigenvalue weighted by atomic mass is 32.1.